The summed E-state index contributed by atoms with van der Waals surface area (Å²) in [6, 6.07) is 6.89. The minimum absolute atomic E-state index is 0.0752. The summed E-state index contributed by atoms with van der Waals surface area (Å²) in [6.07, 6.45) is -4.50. The van der Waals surface area contributed by atoms with Crippen molar-refractivity contribution in [3.8, 4) is 0 Å². The average Bonchev–Trinajstić information content (AvgIpc) is 2.59. The quantitative estimate of drug-likeness (QED) is 0.462. The van der Waals surface area contributed by atoms with Crippen LogP contribution in [0, 0.1) is 10.1 Å². The van der Waals surface area contributed by atoms with Crippen LogP contribution in [0.4, 0.5) is 24.5 Å². The van der Waals surface area contributed by atoms with Crippen molar-refractivity contribution < 1.29 is 32.4 Å². The van der Waals surface area contributed by atoms with E-state index in [9.17, 15) is 32.9 Å². The lowest BCUT2D eigenvalue weighted by Crippen LogP contribution is -2.21. The molecule has 2 aromatic carbocycles. The number of nitrogens with one attached hydrogen (secondary N) is 1. The van der Waals surface area contributed by atoms with E-state index in [0.29, 0.717) is 0 Å². The Labute approximate surface area is 154 Å². The summed E-state index contributed by atoms with van der Waals surface area (Å²) < 4.78 is 42.1. The van der Waals surface area contributed by atoms with Crippen molar-refractivity contribution in [1.82, 2.24) is 0 Å². The Morgan fingerprint density at radius 2 is 1.78 bits per heavy atom. The van der Waals surface area contributed by atoms with Crippen LogP contribution in [0.1, 0.15) is 15.9 Å². The topological polar surface area (TPSA) is 98.5 Å². The fourth-order valence-corrected chi connectivity index (χ4v) is 2.12. The number of amides is 1. The number of hydrogen-bond donors (Lipinski definition) is 1. The second-order valence-corrected chi connectivity index (χ2v) is 5.53. The molecule has 1 amide bonds. The molecule has 2 rings (SSSR count). The van der Waals surface area contributed by atoms with Gasteiger partial charge in [-0.1, -0.05) is 11.6 Å². The van der Waals surface area contributed by atoms with Gasteiger partial charge in [0.15, 0.2) is 6.61 Å². The monoisotopic (exact) mass is 402 g/mol. The molecule has 0 aliphatic carbocycles. The second kappa shape index (κ2) is 8.04. The number of nitrogens with zero attached hydrogens (tertiary/aromatic N) is 1. The predicted octanol–water partition coefficient (Wildman–Crippen LogP) is 4.06. The Balaban J connectivity index is 1.94. The van der Waals surface area contributed by atoms with Gasteiger partial charge in [-0.2, -0.15) is 13.2 Å². The molecule has 0 saturated carbocycles. The summed E-state index contributed by atoms with van der Waals surface area (Å²) in [5, 5.41) is 12.9. The number of esters is 1. The third kappa shape index (κ3) is 5.42. The van der Waals surface area contributed by atoms with Crippen molar-refractivity contribution in [3.63, 3.8) is 0 Å². The van der Waals surface area contributed by atoms with Crippen LogP contribution >= 0.6 is 11.6 Å². The van der Waals surface area contributed by atoms with Crippen molar-refractivity contribution >= 4 is 34.9 Å². The Morgan fingerprint density at radius 3 is 2.33 bits per heavy atom. The Morgan fingerprint density at radius 1 is 1.15 bits per heavy atom. The standard InChI is InChI=1S/C16H10ClF3N2O5/c17-12-6-1-9(7-13(12)22(25)26)15(24)27-8-14(23)21-11-4-2-10(3-5-11)16(18,19)20/h1-7H,8H2,(H,21,23). The fraction of sp³-hybridized carbons (Fsp3) is 0.125. The summed E-state index contributed by atoms with van der Waals surface area (Å²) in [6.45, 7) is -0.740. The van der Waals surface area contributed by atoms with E-state index in [0.717, 1.165) is 36.4 Å². The number of benzene rings is 2. The van der Waals surface area contributed by atoms with Gasteiger partial charge in [-0.05, 0) is 36.4 Å². The summed E-state index contributed by atoms with van der Waals surface area (Å²) in [5.41, 5.74) is -1.49. The molecule has 2 aromatic rings. The zero-order valence-corrected chi connectivity index (χ0v) is 14.0. The predicted molar refractivity (Wildman–Crippen MR) is 88.5 cm³/mol. The van der Waals surface area contributed by atoms with E-state index in [1.807, 2.05) is 0 Å². The summed E-state index contributed by atoms with van der Waals surface area (Å²) in [4.78, 5) is 33.6. The van der Waals surface area contributed by atoms with Crippen molar-refractivity contribution in [2.75, 3.05) is 11.9 Å². The molecule has 0 saturated heterocycles. The van der Waals surface area contributed by atoms with Crippen molar-refractivity contribution in [2.45, 2.75) is 6.18 Å². The number of rotatable bonds is 5. The van der Waals surface area contributed by atoms with Crippen LogP contribution in [0.25, 0.3) is 0 Å². The number of ether oxygens (including phenoxy) is 1. The minimum atomic E-state index is -4.50. The second-order valence-electron chi connectivity index (χ2n) is 5.12. The van der Waals surface area contributed by atoms with E-state index < -0.39 is 40.8 Å². The number of nitro benzene ring substituents is 1. The highest BCUT2D eigenvalue weighted by molar-refractivity contribution is 6.32. The Kier molecular flexibility index (Phi) is 6.01. The van der Waals surface area contributed by atoms with Gasteiger partial charge in [-0.25, -0.2) is 4.79 Å². The van der Waals surface area contributed by atoms with Crippen LogP contribution in [0.5, 0.6) is 0 Å². The van der Waals surface area contributed by atoms with Gasteiger partial charge < -0.3 is 10.1 Å². The molecule has 7 nitrogen and oxygen atoms in total. The first kappa shape index (κ1) is 20.2. The summed E-state index contributed by atoms with van der Waals surface area (Å²) in [5.74, 6) is -1.80. The van der Waals surface area contributed by atoms with Crippen molar-refractivity contribution in [1.29, 1.82) is 0 Å². The van der Waals surface area contributed by atoms with Crippen LogP contribution in [0.2, 0.25) is 5.02 Å². The lowest BCUT2D eigenvalue weighted by atomic mass is 10.2. The molecule has 11 heteroatoms. The Bertz CT molecular complexity index is 885. The first-order valence-electron chi connectivity index (χ1n) is 7.16. The maximum Gasteiger partial charge on any atom is 0.416 e. The molecule has 0 heterocycles. The highest BCUT2D eigenvalue weighted by Gasteiger charge is 2.30. The molecule has 0 aromatic heterocycles. The van der Waals surface area contributed by atoms with Gasteiger partial charge in [0.25, 0.3) is 11.6 Å². The molecular weight excluding hydrogens is 393 g/mol. The number of hydrogen-bond acceptors (Lipinski definition) is 5. The fourth-order valence-electron chi connectivity index (χ4n) is 1.93. The number of alkyl halides is 3. The molecule has 27 heavy (non-hydrogen) atoms. The van der Waals surface area contributed by atoms with Crippen LogP contribution in [0.3, 0.4) is 0 Å². The number of anilines is 1. The number of halogens is 4. The molecule has 142 valence electrons. The van der Waals surface area contributed by atoms with Crippen LogP contribution in [0.15, 0.2) is 42.5 Å². The number of nitro groups is 1. The summed E-state index contributed by atoms with van der Waals surface area (Å²) in [7, 11) is 0. The lowest BCUT2D eigenvalue weighted by Gasteiger charge is -2.09. The van der Waals surface area contributed by atoms with Crippen molar-refractivity contribution in [2.24, 2.45) is 0 Å². The van der Waals surface area contributed by atoms with Gasteiger partial charge in [0.2, 0.25) is 0 Å². The molecule has 0 radical (unpaired) electrons. The molecule has 0 bridgehead atoms. The number of carbonyl (C=O) groups excluding carboxylic acids is 2. The van der Waals surface area contributed by atoms with E-state index in [-0.39, 0.29) is 16.3 Å². The van der Waals surface area contributed by atoms with Crippen LogP contribution < -0.4 is 5.32 Å². The normalized spacial score (nSPS) is 11.0. The van der Waals surface area contributed by atoms with Crippen LogP contribution in [-0.2, 0) is 15.7 Å². The lowest BCUT2D eigenvalue weighted by molar-refractivity contribution is -0.384. The minimum Gasteiger partial charge on any atom is -0.452 e. The molecule has 0 aliphatic rings. The van der Waals surface area contributed by atoms with Crippen LogP contribution in [-0.4, -0.2) is 23.4 Å². The van der Waals surface area contributed by atoms with Gasteiger partial charge in [0, 0.05) is 11.8 Å². The van der Waals surface area contributed by atoms with E-state index in [1.54, 1.807) is 0 Å². The molecule has 0 unspecified atom stereocenters. The first-order valence-corrected chi connectivity index (χ1v) is 7.54. The van der Waals surface area contributed by atoms with Gasteiger partial charge in [0.1, 0.15) is 5.02 Å². The van der Waals surface area contributed by atoms with Gasteiger partial charge in [-0.3, -0.25) is 14.9 Å². The zero-order valence-electron chi connectivity index (χ0n) is 13.2. The smallest absolute Gasteiger partial charge is 0.416 e. The SMILES string of the molecule is O=C(COC(=O)c1ccc(Cl)c([N+](=O)[O-])c1)Nc1ccc(C(F)(F)F)cc1. The highest BCUT2D eigenvalue weighted by Crippen LogP contribution is 2.29. The molecule has 0 fully saturated rings. The Hall–Kier alpha value is -3.14. The van der Waals surface area contributed by atoms with E-state index in [2.05, 4.69) is 5.32 Å². The third-order valence-electron chi connectivity index (χ3n) is 3.21. The molecule has 0 aliphatic heterocycles. The molecule has 0 spiro atoms. The number of carbonyl (C=O) groups is 2. The van der Waals surface area contributed by atoms with Gasteiger partial charge >= 0.3 is 12.1 Å². The molecule has 0 atom stereocenters. The van der Waals surface area contributed by atoms with Gasteiger partial charge in [-0.15, -0.1) is 0 Å². The van der Waals surface area contributed by atoms with Crippen molar-refractivity contribution in [3.05, 3.63) is 68.7 Å². The molecule has 1 N–H and O–H groups in total. The highest BCUT2D eigenvalue weighted by atomic mass is 35.5. The average molecular weight is 403 g/mol. The molecular formula is C16H10ClF3N2O5. The van der Waals surface area contributed by atoms with E-state index in [1.165, 1.54) is 6.07 Å². The maximum atomic E-state index is 12.5. The largest absolute Gasteiger partial charge is 0.452 e. The first-order chi connectivity index (χ1) is 12.6. The van der Waals surface area contributed by atoms with E-state index >= 15 is 0 Å². The third-order valence-corrected chi connectivity index (χ3v) is 3.53. The zero-order chi connectivity index (χ0) is 20.2. The maximum absolute atomic E-state index is 12.5. The van der Waals surface area contributed by atoms with E-state index in [4.69, 9.17) is 16.3 Å². The summed E-state index contributed by atoms with van der Waals surface area (Å²) >= 11 is 5.62. The van der Waals surface area contributed by atoms with Gasteiger partial charge in [0.05, 0.1) is 16.1 Å².